The Balaban J connectivity index is 1.08. The van der Waals surface area contributed by atoms with Crippen LogP contribution in [0.2, 0.25) is 0 Å². The van der Waals surface area contributed by atoms with E-state index in [4.69, 9.17) is 85.3 Å². The van der Waals surface area contributed by atoms with Crippen LogP contribution in [0.25, 0.3) is 0 Å². The molecule has 16 atom stereocenters. The largest absolute Gasteiger partial charge is 0.467 e. The van der Waals surface area contributed by atoms with Crippen molar-refractivity contribution in [1.29, 1.82) is 0 Å². The third kappa shape index (κ3) is 16.7. The molecule has 0 aliphatic heterocycles. The van der Waals surface area contributed by atoms with Crippen LogP contribution in [0.5, 0.6) is 0 Å². The Morgan fingerprint density at radius 1 is 0.250 bits per heavy atom. The molecule has 0 spiro atoms. The summed E-state index contributed by atoms with van der Waals surface area (Å²) >= 11 is 0. The van der Waals surface area contributed by atoms with Gasteiger partial charge in [0.05, 0.1) is 105 Å². The van der Waals surface area contributed by atoms with Gasteiger partial charge in [0.25, 0.3) is 0 Å². The number of hydrogen-bond donors (Lipinski definition) is 8. The smallest absolute Gasteiger partial charge is 0.408 e. The number of benzene rings is 1. The number of carbonyl (C=O) groups is 9. The molecule has 0 heterocycles. The van der Waals surface area contributed by atoms with Gasteiger partial charge in [0.2, 0.25) is 41.4 Å². The van der Waals surface area contributed by atoms with E-state index in [1.807, 2.05) is 6.07 Å². The van der Waals surface area contributed by atoms with Gasteiger partial charge in [-0.15, -0.1) is 0 Å². The number of amides is 8. The molecular weight excluding hydrogens is 1420 g/mol. The molecule has 8 saturated carbocycles. The highest BCUT2D eigenvalue weighted by atomic mass is 16.6. The fourth-order valence-electron chi connectivity index (χ4n) is 18.3. The van der Waals surface area contributed by atoms with E-state index in [1.165, 1.54) is 121 Å². The van der Waals surface area contributed by atoms with Gasteiger partial charge in [-0.05, 0) is 5.56 Å². The van der Waals surface area contributed by atoms with E-state index in [2.05, 4.69) is 42.5 Å². The highest BCUT2D eigenvalue weighted by Gasteiger charge is 2.67. The molecule has 8 aliphatic rings. The molecule has 9 rings (SSSR count). The van der Waals surface area contributed by atoms with Crippen LogP contribution in [0.4, 0.5) is 4.79 Å². The number of carbonyl (C=O) groups excluding carboxylic acids is 9. The number of ether oxygens (including phenoxy) is 18. The van der Waals surface area contributed by atoms with Crippen molar-refractivity contribution in [2.75, 3.05) is 121 Å². The third-order valence-electron chi connectivity index (χ3n) is 24.6. The second kappa shape index (κ2) is 35.5. The Morgan fingerprint density at radius 2 is 0.407 bits per heavy atom. The van der Waals surface area contributed by atoms with Crippen molar-refractivity contribution >= 4 is 53.4 Å². The Morgan fingerprint density at radius 3 is 0.574 bits per heavy atom. The predicted molar refractivity (Wildman–Crippen MR) is 377 cm³/mol. The predicted octanol–water partition coefficient (Wildman–Crippen LogP) is -0.600. The molecule has 1 aromatic carbocycles. The second-order valence-electron chi connectivity index (χ2n) is 30.2. The van der Waals surface area contributed by atoms with E-state index < -0.39 is 195 Å². The molecule has 0 radical (unpaired) electrons. The maximum Gasteiger partial charge on any atom is 0.408 e. The summed E-state index contributed by atoms with van der Waals surface area (Å²) in [7, 11) is 24.0. The Bertz CT molecular complexity index is 3220. The molecule has 108 heavy (non-hydrogen) atoms. The summed E-state index contributed by atoms with van der Waals surface area (Å²) < 4.78 is 106. The van der Waals surface area contributed by atoms with Gasteiger partial charge < -0.3 is 128 Å². The van der Waals surface area contributed by atoms with Crippen LogP contribution in [0.3, 0.4) is 0 Å². The van der Waals surface area contributed by atoms with Gasteiger partial charge in [-0.25, -0.2) is 9.59 Å². The van der Waals surface area contributed by atoms with E-state index in [0.717, 1.165) is 0 Å². The Hall–Kier alpha value is -6.39. The van der Waals surface area contributed by atoms with Crippen LogP contribution in [0.1, 0.15) is 108 Å². The number of esters is 1. The highest BCUT2D eigenvalue weighted by molar-refractivity contribution is 6.04. The van der Waals surface area contributed by atoms with Crippen LogP contribution < -0.4 is 42.5 Å². The minimum Gasteiger partial charge on any atom is -0.467 e. The summed E-state index contributed by atoms with van der Waals surface area (Å²) in [5, 5.41) is 24.1. The lowest BCUT2D eigenvalue weighted by Gasteiger charge is -2.42. The SMILES string of the molecule is COC(=O)C1(NC(=O)C2(NC(=O)C3(NC(=O)C4(NC(=O)C5(NC(=O)C6(NC(=O)C7(NC(=O)C8(NC(=O)OCc9ccccc9)CC(OC)C(OC)C8)CC(OC)C(OC)C7)CC(OC)C(OC)C6)CC(OC)C(OC)C5)CC(OC)C(OC)C4)CC(OC)C(OC)C3)CC(OC)C(OC)C2)CC(OC)C(OC)C1. The first-order valence-electron chi connectivity index (χ1n) is 36.4. The number of alkyl carbamates (subject to hydrolysis) is 1. The summed E-state index contributed by atoms with van der Waals surface area (Å²) in [5.74, 6) is -6.94. The molecule has 0 saturated heterocycles. The zero-order valence-corrected chi connectivity index (χ0v) is 65.2. The van der Waals surface area contributed by atoms with Gasteiger partial charge in [0.15, 0.2) is 0 Å². The molecule has 0 aromatic heterocycles. The van der Waals surface area contributed by atoms with Gasteiger partial charge in [-0.2, -0.15) is 0 Å². The lowest BCUT2D eigenvalue weighted by atomic mass is 9.85. The molecule has 16 unspecified atom stereocenters. The Labute approximate surface area is 630 Å². The van der Waals surface area contributed by atoms with Gasteiger partial charge in [0.1, 0.15) is 50.9 Å². The number of methoxy groups -OCH3 is 17. The van der Waals surface area contributed by atoms with E-state index >= 15 is 33.6 Å². The van der Waals surface area contributed by atoms with Crippen LogP contribution >= 0.6 is 0 Å². The third-order valence-corrected chi connectivity index (χ3v) is 24.6. The van der Waals surface area contributed by atoms with E-state index in [0.29, 0.717) is 5.56 Å². The van der Waals surface area contributed by atoms with Gasteiger partial charge >= 0.3 is 12.1 Å². The average Bonchev–Trinajstić information content (AvgIpc) is 1.57. The monoisotopic (exact) mass is 1530 g/mol. The Kier molecular flexibility index (Phi) is 28.2. The summed E-state index contributed by atoms with van der Waals surface area (Å²) in [6.45, 7) is -0.139. The van der Waals surface area contributed by atoms with E-state index in [-0.39, 0.29) is 109 Å². The van der Waals surface area contributed by atoms with Gasteiger partial charge in [0, 0.05) is 216 Å². The van der Waals surface area contributed by atoms with Crippen molar-refractivity contribution < 1.29 is 128 Å². The zero-order valence-electron chi connectivity index (χ0n) is 65.2. The first-order valence-corrected chi connectivity index (χ1v) is 36.4. The lowest BCUT2D eigenvalue weighted by molar-refractivity contribution is -0.153. The number of nitrogens with one attached hydrogen (secondary N) is 8. The molecule has 8 amide bonds. The summed E-state index contributed by atoms with van der Waals surface area (Å²) in [6.07, 6.45) is -17.3. The molecule has 8 N–H and O–H groups in total. The molecule has 8 aliphatic carbocycles. The van der Waals surface area contributed by atoms with Crippen molar-refractivity contribution in [1.82, 2.24) is 42.5 Å². The lowest BCUT2D eigenvalue weighted by Crippen LogP contribution is -2.72. The quantitative estimate of drug-likeness (QED) is 0.0399. The second-order valence-corrected chi connectivity index (χ2v) is 30.2. The summed E-state index contributed by atoms with van der Waals surface area (Å²) in [5.41, 5.74) is -15.0. The first kappa shape index (κ1) is 85.6. The molecule has 608 valence electrons. The van der Waals surface area contributed by atoms with Crippen molar-refractivity contribution in [2.24, 2.45) is 0 Å². The topological polar surface area (TPSA) is 416 Å². The minimum absolute atomic E-state index is 0.0584. The maximum absolute atomic E-state index is 16.4. The van der Waals surface area contributed by atoms with Crippen molar-refractivity contribution in [3.63, 3.8) is 0 Å². The number of rotatable bonds is 34. The fourth-order valence-corrected chi connectivity index (χ4v) is 18.3. The molecule has 35 nitrogen and oxygen atoms in total. The molecular formula is C73H114N8O27. The standard InChI is InChI=1S/C73H114N8O27/c1-91-41-23-66(24-42(41)92-2,75-59(84)68(27-45(95-5)46(28-68)96-6)77-61(86)70(31-49(99-9)50(32-70)100-10)79-63(88)72(35-53(103-13)54(36-72)104-14)81-65(90)108-39-40-21-19-18-20-22-40)57(82)74-67(25-43(93-3)44(26-67)94-4)58(83)76-69(29-47(97-7)48(30-69)98-8)60(85)78-71(33-51(101-11)52(34-71)102-12)62(87)80-73(64(89)107-17)37-55(105-15)56(38-73)106-16/h18-22,41-56H,23-39H2,1-17H3,(H,74,82)(H,75,84)(H,76,83)(H,77,86)(H,78,85)(H,79,88)(H,80,87)(H,81,90). The van der Waals surface area contributed by atoms with Crippen molar-refractivity contribution in [3.8, 4) is 0 Å². The van der Waals surface area contributed by atoms with Gasteiger partial charge in [-0.3, -0.25) is 33.6 Å². The van der Waals surface area contributed by atoms with Crippen LogP contribution in [-0.2, 0) is 130 Å². The summed E-state index contributed by atoms with van der Waals surface area (Å²) in [6, 6.07) is 8.92. The van der Waals surface area contributed by atoms with E-state index in [1.54, 1.807) is 24.3 Å². The molecule has 35 heteroatoms. The maximum atomic E-state index is 16.4. The van der Waals surface area contributed by atoms with Crippen molar-refractivity contribution in [2.45, 2.75) is 251 Å². The molecule has 8 fully saturated rings. The average molecular weight is 1540 g/mol. The minimum atomic E-state index is -2.09. The zero-order chi connectivity index (χ0) is 79.0. The fraction of sp³-hybridized carbons (Fsp3) is 0.795. The van der Waals surface area contributed by atoms with Crippen LogP contribution in [0.15, 0.2) is 30.3 Å². The van der Waals surface area contributed by atoms with Crippen LogP contribution in [-0.4, -0.2) is 316 Å². The highest BCUT2D eigenvalue weighted by Crippen LogP contribution is 2.47. The van der Waals surface area contributed by atoms with E-state index in [9.17, 15) is 9.59 Å². The number of hydrogen-bond acceptors (Lipinski definition) is 27. The van der Waals surface area contributed by atoms with Crippen molar-refractivity contribution in [3.05, 3.63) is 35.9 Å². The molecule has 1 aromatic rings. The molecule has 0 bridgehead atoms. The normalized spacial score (nSPS) is 39.1. The van der Waals surface area contributed by atoms with Crippen LogP contribution in [0, 0.1) is 0 Å². The first-order chi connectivity index (χ1) is 51.5. The van der Waals surface area contributed by atoms with Gasteiger partial charge in [-0.1, -0.05) is 30.3 Å². The summed E-state index contributed by atoms with van der Waals surface area (Å²) in [4.78, 5) is 140.